The van der Waals surface area contributed by atoms with Crippen LogP contribution in [0.15, 0.2) is 18.2 Å². The Balaban J connectivity index is 2.08. The number of nitrogens with two attached hydrogens (primary N) is 1. The van der Waals surface area contributed by atoms with E-state index in [2.05, 4.69) is 0 Å². The third-order valence-electron chi connectivity index (χ3n) is 3.67. The summed E-state index contributed by atoms with van der Waals surface area (Å²) in [5.74, 6) is -0.645. The molecule has 2 N–H and O–H groups in total. The highest BCUT2D eigenvalue weighted by Crippen LogP contribution is 2.31. The maximum absolute atomic E-state index is 12.5. The topological polar surface area (TPSA) is 52.3 Å². The van der Waals surface area contributed by atoms with E-state index in [0.29, 0.717) is 0 Å². The molecule has 21 heavy (non-hydrogen) atoms. The molecule has 1 fully saturated rings. The van der Waals surface area contributed by atoms with Gasteiger partial charge in [-0.25, -0.2) is 4.79 Å². The molecule has 0 heterocycles. The third-order valence-corrected chi connectivity index (χ3v) is 3.67. The van der Waals surface area contributed by atoms with E-state index in [0.717, 1.165) is 56.7 Å². The van der Waals surface area contributed by atoms with E-state index in [1.165, 1.54) is 0 Å². The van der Waals surface area contributed by atoms with Crippen LogP contribution in [0, 0.1) is 0 Å². The number of esters is 1. The van der Waals surface area contributed by atoms with Crippen molar-refractivity contribution >= 4 is 11.7 Å². The first-order chi connectivity index (χ1) is 9.88. The summed E-state index contributed by atoms with van der Waals surface area (Å²) in [5, 5.41) is 0. The Morgan fingerprint density at radius 2 is 1.76 bits per heavy atom. The number of carbonyl (C=O) groups is 1. The van der Waals surface area contributed by atoms with Gasteiger partial charge in [-0.15, -0.1) is 0 Å². The fourth-order valence-electron chi connectivity index (χ4n) is 2.50. The lowest BCUT2D eigenvalue weighted by atomic mass is 10.1. The second-order valence-corrected chi connectivity index (χ2v) is 5.32. The van der Waals surface area contributed by atoms with Crippen molar-refractivity contribution in [3.05, 3.63) is 29.3 Å². The zero-order valence-corrected chi connectivity index (χ0v) is 11.6. The Labute approximate surface area is 121 Å². The minimum Gasteiger partial charge on any atom is -0.459 e. The van der Waals surface area contributed by atoms with Gasteiger partial charge in [-0.1, -0.05) is 12.8 Å². The quantitative estimate of drug-likeness (QED) is 0.507. The molecule has 0 aliphatic heterocycles. The Morgan fingerprint density at radius 1 is 1.14 bits per heavy atom. The summed E-state index contributed by atoms with van der Waals surface area (Å²) in [5.41, 5.74) is 4.47. The van der Waals surface area contributed by atoms with Crippen LogP contribution in [0.5, 0.6) is 0 Å². The molecule has 1 aliphatic rings. The van der Waals surface area contributed by atoms with Gasteiger partial charge >= 0.3 is 12.1 Å². The first-order valence-corrected chi connectivity index (χ1v) is 7.05. The molecule has 0 unspecified atom stereocenters. The zero-order valence-electron chi connectivity index (χ0n) is 11.6. The van der Waals surface area contributed by atoms with Crippen LogP contribution in [-0.2, 0) is 10.9 Å². The SMILES string of the molecule is Nc1cc(C(F)(F)F)ccc1C(=O)OC1CCCCCC1. The zero-order chi connectivity index (χ0) is 15.5. The van der Waals surface area contributed by atoms with Gasteiger partial charge < -0.3 is 10.5 Å². The maximum Gasteiger partial charge on any atom is 0.416 e. The van der Waals surface area contributed by atoms with Gasteiger partial charge in [-0.3, -0.25) is 0 Å². The highest BCUT2D eigenvalue weighted by atomic mass is 19.4. The Hall–Kier alpha value is -1.72. The van der Waals surface area contributed by atoms with Crippen molar-refractivity contribution in [2.45, 2.75) is 50.8 Å². The molecule has 116 valence electrons. The van der Waals surface area contributed by atoms with Gasteiger partial charge in [0.15, 0.2) is 0 Å². The predicted octanol–water partition coefficient (Wildman–Crippen LogP) is 4.17. The number of nitrogen functional groups attached to an aromatic ring is 1. The first-order valence-electron chi connectivity index (χ1n) is 7.05. The van der Waals surface area contributed by atoms with Gasteiger partial charge in [0.25, 0.3) is 0 Å². The Morgan fingerprint density at radius 3 is 2.29 bits per heavy atom. The molecular formula is C15H18F3NO2. The van der Waals surface area contributed by atoms with E-state index in [4.69, 9.17) is 10.5 Å². The summed E-state index contributed by atoms with van der Waals surface area (Å²) >= 11 is 0. The predicted molar refractivity (Wildman–Crippen MR) is 72.8 cm³/mol. The van der Waals surface area contributed by atoms with Crippen LogP contribution in [0.1, 0.15) is 54.4 Å². The number of ether oxygens (including phenoxy) is 1. The van der Waals surface area contributed by atoms with Gasteiger partial charge in [0.1, 0.15) is 6.10 Å². The van der Waals surface area contributed by atoms with Gasteiger partial charge in [-0.05, 0) is 43.9 Å². The van der Waals surface area contributed by atoms with Crippen LogP contribution in [-0.4, -0.2) is 12.1 Å². The van der Waals surface area contributed by atoms with E-state index < -0.39 is 17.7 Å². The number of halogens is 3. The summed E-state index contributed by atoms with van der Waals surface area (Å²) < 4.78 is 43.0. The summed E-state index contributed by atoms with van der Waals surface area (Å²) in [4.78, 5) is 12.0. The van der Waals surface area contributed by atoms with Crippen molar-refractivity contribution in [1.29, 1.82) is 0 Å². The van der Waals surface area contributed by atoms with Crippen LogP contribution in [0.2, 0.25) is 0 Å². The molecule has 1 saturated carbocycles. The number of rotatable bonds is 2. The lowest BCUT2D eigenvalue weighted by molar-refractivity contribution is -0.137. The number of carbonyl (C=O) groups excluding carboxylic acids is 1. The molecule has 1 aliphatic carbocycles. The molecule has 6 heteroatoms. The number of anilines is 1. The lowest BCUT2D eigenvalue weighted by Gasteiger charge is -2.16. The summed E-state index contributed by atoms with van der Waals surface area (Å²) in [6, 6.07) is 2.70. The molecule has 0 bridgehead atoms. The molecule has 1 aromatic rings. The fourth-order valence-corrected chi connectivity index (χ4v) is 2.50. The van der Waals surface area contributed by atoms with Crippen molar-refractivity contribution in [2.24, 2.45) is 0 Å². The number of benzene rings is 1. The molecule has 0 amide bonds. The van der Waals surface area contributed by atoms with E-state index in [1.54, 1.807) is 0 Å². The van der Waals surface area contributed by atoms with Crippen LogP contribution in [0.25, 0.3) is 0 Å². The minimum absolute atomic E-state index is 0.00718. The number of hydrogen-bond acceptors (Lipinski definition) is 3. The number of hydrogen-bond donors (Lipinski definition) is 1. The van der Waals surface area contributed by atoms with Gasteiger partial charge in [0, 0.05) is 5.69 Å². The van der Waals surface area contributed by atoms with Crippen molar-refractivity contribution in [3.8, 4) is 0 Å². The average Bonchev–Trinajstić information content (AvgIpc) is 2.66. The van der Waals surface area contributed by atoms with Gasteiger partial charge in [-0.2, -0.15) is 13.2 Å². The number of alkyl halides is 3. The van der Waals surface area contributed by atoms with Crippen LogP contribution in [0.3, 0.4) is 0 Å². The normalized spacial score (nSPS) is 17.3. The van der Waals surface area contributed by atoms with Gasteiger partial charge in [0.05, 0.1) is 11.1 Å². The second kappa shape index (κ2) is 6.37. The van der Waals surface area contributed by atoms with Crippen molar-refractivity contribution in [3.63, 3.8) is 0 Å². The van der Waals surface area contributed by atoms with Crippen molar-refractivity contribution in [2.75, 3.05) is 5.73 Å². The lowest BCUT2D eigenvalue weighted by Crippen LogP contribution is -2.19. The van der Waals surface area contributed by atoms with Crippen molar-refractivity contribution in [1.82, 2.24) is 0 Å². The van der Waals surface area contributed by atoms with Crippen LogP contribution >= 0.6 is 0 Å². The molecule has 0 spiro atoms. The average molecular weight is 301 g/mol. The summed E-state index contributed by atoms with van der Waals surface area (Å²) in [6.07, 6.45) is 1.20. The Kier molecular flexibility index (Phi) is 4.75. The third kappa shape index (κ3) is 4.12. The molecule has 3 nitrogen and oxygen atoms in total. The molecule has 0 atom stereocenters. The van der Waals surface area contributed by atoms with E-state index in [1.807, 2.05) is 0 Å². The Bertz CT molecular complexity index is 506. The van der Waals surface area contributed by atoms with Gasteiger partial charge in [0.2, 0.25) is 0 Å². The fraction of sp³-hybridized carbons (Fsp3) is 0.533. The van der Waals surface area contributed by atoms with Crippen LogP contribution < -0.4 is 5.73 Å². The molecule has 0 aromatic heterocycles. The van der Waals surface area contributed by atoms with E-state index >= 15 is 0 Å². The molecular weight excluding hydrogens is 283 g/mol. The molecule has 1 aromatic carbocycles. The van der Waals surface area contributed by atoms with Crippen LogP contribution in [0.4, 0.5) is 18.9 Å². The van der Waals surface area contributed by atoms with E-state index in [-0.39, 0.29) is 17.4 Å². The maximum atomic E-state index is 12.5. The highest BCUT2D eigenvalue weighted by molar-refractivity contribution is 5.95. The minimum atomic E-state index is -4.47. The second-order valence-electron chi connectivity index (χ2n) is 5.32. The monoisotopic (exact) mass is 301 g/mol. The van der Waals surface area contributed by atoms with Crippen molar-refractivity contribution < 1.29 is 22.7 Å². The first kappa shape index (κ1) is 15.7. The largest absolute Gasteiger partial charge is 0.459 e. The summed E-state index contributed by atoms with van der Waals surface area (Å²) in [7, 11) is 0. The van der Waals surface area contributed by atoms with E-state index in [9.17, 15) is 18.0 Å². The summed E-state index contributed by atoms with van der Waals surface area (Å²) in [6.45, 7) is 0. The molecule has 0 saturated heterocycles. The highest BCUT2D eigenvalue weighted by Gasteiger charge is 2.31. The smallest absolute Gasteiger partial charge is 0.416 e. The molecule has 2 rings (SSSR count). The molecule has 0 radical (unpaired) electrons. The standard InChI is InChI=1S/C15H18F3NO2/c16-15(17,18)10-7-8-12(13(19)9-10)14(20)21-11-5-3-1-2-4-6-11/h7-9,11H,1-6,19H2.